The second-order valence-corrected chi connectivity index (χ2v) is 5.32. The molecule has 1 aromatic carbocycles. The first-order valence-electron chi connectivity index (χ1n) is 5.72. The number of aliphatic hydroxyl groups excluding tert-OH is 1. The van der Waals surface area contributed by atoms with E-state index in [1.165, 1.54) is 11.3 Å². The zero-order chi connectivity index (χ0) is 13.8. The molecule has 0 bridgehead atoms. The smallest absolute Gasteiger partial charge is 0.234 e. The molecule has 1 aromatic heterocycles. The topological polar surface area (TPSA) is 62.2 Å². The van der Waals surface area contributed by atoms with Gasteiger partial charge in [-0.25, -0.2) is 4.98 Å². The molecule has 0 fully saturated rings. The molecule has 1 atom stereocenters. The van der Waals surface area contributed by atoms with Crippen molar-refractivity contribution < 1.29 is 9.90 Å². The van der Waals surface area contributed by atoms with E-state index in [2.05, 4.69) is 10.3 Å². The van der Waals surface area contributed by atoms with Crippen LogP contribution in [0.15, 0.2) is 29.6 Å². The van der Waals surface area contributed by atoms with Crippen LogP contribution in [0, 0.1) is 0 Å². The van der Waals surface area contributed by atoms with Crippen molar-refractivity contribution in [3.8, 4) is 0 Å². The number of hydrogen-bond acceptors (Lipinski definition) is 4. The fraction of sp³-hybridized carbons (Fsp3) is 0.231. The van der Waals surface area contributed by atoms with Crippen molar-refractivity contribution in [2.24, 2.45) is 0 Å². The van der Waals surface area contributed by atoms with Crippen LogP contribution in [0.25, 0.3) is 0 Å². The van der Waals surface area contributed by atoms with E-state index in [-0.39, 0.29) is 18.4 Å². The molecule has 0 radical (unpaired) electrons. The number of halogens is 1. The van der Waals surface area contributed by atoms with Gasteiger partial charge in [0, 0.05) is 5.38 Å². The number of nitrogens with zero attached hydrogens (tertiary/aromatic N) is 1. The summed E-state index contributed by atoms with van der Waals surface area (Å²) >= 11 is 7.35. The van der Waals surface area contributed by atoms with Crippen molar-refractivity contribution in [1.82, 2.24) is 4.98 Å². The molecule has 2 N–H and O–H groups in total. The van der Waals surface area contributed by atoms with E-state index in [9.17, 15) is 4.79 Å². The highest BCUT2D eigenvalue weighted by Gasteiger charge is 2.19. The van der Waals surface area contributed by atoms with Gasteiger partial charge in [0.25, 0.3) is 0 Å². The minimum Gasteiger partial charge on any atom is -0.390 e. The number of thiazole rings is 1. The fourth-order valence-corrected chi connectivity index (χ4v) is 2.56. The van der Waals surface area contributed by atoms with Crippen LogP contribution in [0.5, 0.6) is 0 Å². The lowest BCUT2D eigenvalue weighted by molar-refractivity contribution is -0.117. The van der Waals surface area contributed by atoms with Gasteiger partial charge < -0.3 is 10.4 Å². The van der Waals surface area contributed by atoms with Crippen LogP contribution in [-0.4, -0.2) is 16.0 Å². The third-order valence-corrected chi connectivity index (χ3v) is 4.03. The number of para-hydroxylation sites is 1. The van der Waals surface area contributed by atoms with E-state index >= 15 is 0 Å². The summed E-state index contributed by atoms with van der Waals surface area (Å²) in [5.41, 5.74) is 1.16. The lowest BCUT2D eigenvalue weighted by Gasteiger charge is -2.10. The quantitative estimate of drug-likeness (QED) is 0.911. The van der Waals surface area contributed by atoms with Crippen molar-refractivity contribution in [2.75, 3.05) is 5.32 Å². The maximum absolute atomic E-state index is 12.1. The Morgan fingerprint density at radius 2 is 2.26 bits per heavy atom. The van der Waals surface area contributed by atoms with Gasteiger partial charge in [-0.05, 0) is 19.1 Å². The van der Waals surface area contributed by atoms with Gasteiger partial charge in [-0.3, -0.25) is 4.79 Å². The van der Waals surface area contributed by atoms with Crippen molar-refractivity contribution in [2.45, 2.75) is 19.4 Å². The Bertz CT molecular complexity index is 586. The largest absolute Gasteiger partial charge is 0.390 e. The Morgan fingerprint density at radius 1 is 1.53 bits per heavy atom. The number of carbonyl (C=O) groups is 1. The minimum absolute atomic E-state index is 0.116. The molecule has 0 saturated carbocycles. The summed E-state index contributed by atoms with van der Waals surface area (Å²) in [5, 5.41) is 14.7. The van der Waals surface area contributed by atoms with E-state index in [1.54, 1.807) is 36.6 Å². The molecule has 1 amide bonds. The number of benzene rings is 1. The van der Waals surface area contributed by atoms with Crippen molar-refractivity contribution >= 4 is 34.5 Å². The van der Waals surface area contributed by atoms with E-state index in [0.717, 1.165) is 0 Å². The highest BCUT2D eigenvalue weighted by Crippen LogP contribution is 2.25. The first-order chi connectivity index (χ1) is 9.11. The van der Waals surface area contributed by atoms with E-state index < -0.39 is 0 Å². The van der Waals surface area contributed by atoms with Gasteiger partial charge in [-0.1, -0.05) is 23.7 Å². The first-order valence-corrected chi connectivity index (χ1v) is 6.98. The number of nitrogens with one attached hydrogen (secondary N) is 1. The highest BCUT2D eigenvalue weighted by molar-refractivity contribution is 7.09. The lowest BCUT2D eigenvalue weighted by Crippen LogP contribution is -2.19. The number of aromatic nitrogens is 1. The zero-order valence-electron chi connectivity index (χ0n) is 10.3. The molecule has 2 rings (SSSR count). The average Bonchev–Trinajstić information content (AvgIpc) is 2.89. The number of amides is 1. The number of carbonyl (C=O) groups excluding carboxylic acids is 1. The summed E-state index contributed by atoms with van der Waals surface area (Å²) in [6, 6.07) is 7.07. The Balaban J connectivity index is 2.09. The summed E-state index contributed by atoms with van der Waals surface area (Å²) in [6.07, 6.45) is 0. The number of aliphatic hydroxyl groups is 1. The molecule has 0 aliphatic rings. The second-order valence-electron chi connectivity index (χ2n) is 4.03. The van der Waals surface area contributed by atoms with Crippen LogP contribution in [-0.2, 0) is 11.4 Å². The Hall–Kier alpha value is -1.43. The van der Waals surface area contributed by atoms with Crippen LogP contribution in [0.1, 0.15) is 23.5 Å². The Morgan fingerprint density at radius 3 is 2.89 bits per heavy atom. The first kappa shape index (κ1) is 14.0. The number of hydrogen-bond donors (Lipinski definition) is 2. The van der Waals surface area contributed by atoms with Crippen LogP contribution in [0.3, 0.4) is 0 Å². The van der Waals surface area contributed by atoms with Gasteiger partial charge in [0.2, 0.25) is 5.91 Å². The highest BCUT2D eigenvalue weighted by atomic mass is 35.5. The van der Waals surface area contributed by atoms with E-state index in [4.69, 9.17) is 16.7 Å². The molecule has 1 heterocycles. The fourth-order valence-electron chi connectivity index (χ4n) is 1.51. The predicted molar refractivity (Wildman–Crippen MR) is 76.5 cm³/mol. The third kappa shape index (κ3) is 3.32. The molecule has 0 spiro atoms. The van der Waals surface area contributed by atoms with Gasteiger partial charge >= 0.3 is 0 Å². The third-order valence-electron chi connectivity index (χ3n) is 2.63. The maximum Gasteiger partial charge on any atom is 0.234 e. The molecule has 0 aliphatic heterocycles. The predicted octanol–water partition coefficient (Wildman–Crippen LogP) is 3.03. The number of rotatable bonds is 4. The van der Waals surface area contributed by atoms with Crippen molar-refractivity contribution in [3.63, 3.8) is 0 Å². The van der Waals surface area contributed by atoms with Gasteiger partial charge in [0.05, 0.1) is 28.9 Å². The van der Waals surface area contributed by atoms with Crippen LogP contribution >= 0.6 is 22.9 Å². The molecule has 1 unspecified atom stereocenters. The summed E-state index contributed by atoms with van der Waals surface area (Å²) in [6.45, 7) is 1.65. The number of anilines is 1. The molecule has 100 valence electrons. The van der Waals surface area contributed by atoms with Gasteiger partial charge in [0.15, 0.2) is 0 Å². The molecule has 6 heteroatoms. The van der Waals surface area contributed by atoms with E-state index in [1.807, 2.05) is 0 Å². The molecule has 2 aromatic rings. The van der Waals surface area contributed by atoms with Crippen LogP contribution < -0.4 is 5.32 Å². The molecule has 0 saturated heterocycles. The standard InChI is InChI=1S/C13H13ClN2O2S/c1-8(13-15-9(6-17)7-19-13)12(18)16-11-5-3-2-4-10(11)14/h2-5,7-8,17H,6H2,1H3,(H,16,18). The van der Waals surface area contributed by atoms with Crippen molar-refractivity contribution in [3.05, 3.63) is 45.4 Å². The average molecular weight is 297 g/mol. The van der Waals surface area contributed by atoms with Crippen LogP contribution in [0.2, 0.25) is 5.02 Å². The van der Waals surface area contributed by atoms with Gasteiger partial charge in [-0.2, -0.15) is 0 Å². The lowest BCUT2D eigenvalue weighted by atomic mass is 10.1. The summed E-state index contributed by atoms with van der Waals surface area (Å²) in [7, 11) is 0. The van der Waals surface area contributed by atoms with Gasteiger partial charge in [-0.15, -0.1) is 11.3 Å². The SMILES string of the molecule is CC(C(=O)Nc1ccccc1Cl)c1nc(CO)cs1. The monoisotopic (exact) mass is 296 g/mol. The minimum atomic E-state index is -0.387. The Labute approximate surface area is 120 Å². The molecule has 19 heavy (non-hydrogen) atoms. The molecule has 0 aliphatic carbocycles. The summed E-state index contributed by atoms with van der Waals surface area (Å²) in [4.78, 5) is 16.3. The molecule has 4 nitrogen and oxygen atoms in total. The Kier molecular flexibility index (Phi) is 4.52. The normalized spacial score (nSPS) is 12.2. The van der Waals surface area contributed by atoms with E-state index in [0.29, 0.717) is 21.4 Å². The molecular weight excluding hydrogens is 284 g/mol. The van der Waals surface area contributed by atoms with Gasteiger partial charge in [0.1, 0.15) is 5.01 Å². The summed E-state index contributed by atoms with van der Waals surface area (Å²) < 4.78 is 0. The second kappa shape index (κ2) is 6.14. The maximum atomic E-state index is 12.1. The summed E-state index contributed by atoms with van der Waals surface area (Å²) in [5.74, 6) is -0.562. The van der Waals surface area contributed by atoms with Crippen LogP contribution in [0.4, 0.5) is 5.69 Å². The zero-order valence-corrected chi connectivity index (χ0v) is 11.8. The molecular formula is C13H13ClN2O2S. The van der Waals surface area contributed by atoms with Crippen molar-refractivity contribution in [1.29, 1.82) is 0 Å².